The van der Waals surface area contributed by atoms with E-state index in [1.54, 1.807) is 0 Å². The van der Waals surface area contributed by atoms with E-state index in [0.717, 1.165) is 29.0 Å². The van der Waals surface area contributed by atoms with Gasteiger partial charge >= 0.3 is 0 Å². The molecule has 1 unspecified atom stereocenters. The Bertz CT molecular complexity index is 493. The number of halogens is 1. The minimum Gasteiger partial charge on any atom is -0.389 e. The predicted octanol–water partition coefficient (Wildman–Crippen LogP) is 3.96. The van der Waals surface area contributed by atoms with Crippen LogP contribution in [0.15, 0.2) is 22.7 Å². The molecule has 2 rings (SSSR count). The van der Waals surface area contributed by atoms with E-state index in [4.69, 9.17) is 18.0 Å². The lowest BCUT2D eigenvalue weighted by molar-refractivity contribution is 0.263. The molecule has 19 heavy (non-hydrogen) atoms. The van der Waals surface area contributed by atoms with Crippen LogP contribution in [0.2, 0.25) is 0 Å². The van der Waals surface area contributed by atoms with E-state index in [-0.39, 0.29) is 0 Å². The minimum atomic E-state index is 0.375. The molecule has 104 valence electrons. The van der Waals surface area contributed by atoms with Crippen LogP contribution in [-0.4, -0.2) is 18.1 Å². The molecule has 0 saturated carbocycles. The first-order valence-corrected chi connectivity index (χ1v) is 7.83. The van der Waals surface area contributed by atoms with Gasteiger partial charge in [-0.1, -0.05) is 33.0 Å². The lowest BCUT2D eigenvalue weighted by Crippen LogP contribution is -2.26. The molecule has 1 aromatic carbocycles. The highest BCUT2D eigenvalue weighted by atomic mass is 79.9. The Morgan fingerprint density at radius 2 is 2.11 bits per heavy atom. The van der Waals surface area contributed by atoms with Gasteiger partial charge in [-0.2, -0.15) is 0 Å². The maximum Gasteiger partial charge on any atom is 0.104 e. The topological polar surface area (TPSA) is 29.3 Å². The molecule has 4 heteroatoms. The number of hydrogen-bond donors (Lipinski definition) is 1. The molecule has 1 fully saturated rings. The third kappa shape index (κ3) is 3.29. The van der Waals surface area contributed by atoms with Crippen molar-refractivity contribution in [2.24, 2.45) is 17.1 Å². The Morgan fingerprint density at radius 1 is 1.42 bits per heavy atom. The highest BCUT2D eigenvalue weighted by molar-refractivity contribution is 9.10. The van der Waals surface area contributed by atoms with Crippen molar-refractivity contribution in [3.8, 4) is 0 Å². The fourth-order valence-corrected chi connectivity index (χ4v) is 3.36. The van der Waals surface area contributed by atoms with E-state index < -0.39 is 0 Å². The molecular weight excluding hydrogens is 320 g/mol. The van der Waals surface area contributed by atoms with Crippen molar-refractivity contribution >= 4 is 38.8 Å². The van der Waals surface area contributed by atoms with Gasteiger partial charge in [0.2, 0.25) is 0 Å². The maximum atomic E-state index is 5.66. The second-order valence-corrected chi connectivity index (χ2v) is 7.62. The fourth-order valence-electron chi connectivity index (χ4n) is 2.60. The monoisotopic (exact) mass is 340 g/mol. The molecule has 0 aromatic heterocycles. The Balaban J connectivity index is 2.18. The third-order valence-electron chi connectivity index (χ3n) is 3.99. The Hall–Kier alpha value is -0.610. The standard InChI is InChI=1S/C15H21BrN2S/c1-15(2,3)11-6-7-18(9-11)13-5-4-10(14(17)19)8-12(13)16/h4-5,8,11H,6-7,9H2,1-3H3,(H2,17,19). The molecule has 1 saturated heterocycles. The molecule has 1 atom stereocenters. The van der Waals surface area contributed by atoms with Crippen molar-refractivity contribution in [1.29, 1.82) is 0 Å². The van der Waals surface area contributed by atoms with E-state index in [1.165, 1.54) is 12.1 Å². The summed E-state index contributed by atoms with van der Waals surface area (Å²) in [6, 6.07) is 6.14. The number of thiocarbonyl (C=S) groups is 1. The zero-order chi connectivity index (χ0) is 14.2. The number of benzene rings is 1. The Morgan fingerprint density at radius 3 is 2.58 bits per heavy atom. The van der Waals surface area contributed by atoms with Crippen LogP contribution in [-0.2, 0) is 0 Å². The molecule has 2 nitrogen and oxygen atoms in total. The van der Waals surface area contributed by atoms with Gasteiger partial charge in [0.25, 0.3) is 0 Å². The van der Waals surface area contributed by atoms with E-state index in [1.807, 2.05) is 12.1 Å². The van der Waals surface area contributed by atoms with E-state index >= 15 is 0 Å². The average molecular weight is 341 g/mol. The van der Waals surface area contributed by atoms with Crippen LogP contribution in [0.4, 0.5) is 5.69 Å². The van der Waals surface area contributed by atoms with Crippen LogP contribution < -0.4 is 10.6 Å². The van der Waals surface area contributed by atoms with Crippen LogP contribution in [0.1, 0.15) is 32.8 Å². The van der Waals surface area contributed by atoms with Gasteiger partial charge in [-0.3, -0.25) is 0 Å². The summed E-state index contributed by atoms with van der Waals surface area (Å²) in [6.45, 7) is 9.21. The van der Waals surface area contributed by atoms with Gasteiger partial charge in [0.1, 0.15) is 4.99 Å². The summed E-state index contributed by atoms with van der Waals surface area (Å²) in [5.41, 5.74) is 8.19. The number of nitrogens with zero attached hydrogens (tertiary/aromatic N) is 1. The zero-order valence-electron chi connectivity index (χ0n) is 11.7. The lowest BCUT2D eigenvalue weighted by atomic mass is 9.80. The zero-order valence-corrected chi connectivity index (χ0v) is 14.1. The molecule has 1 aliphatic rings. The van der Waals surface area contributed by atoms with Gasteiger partial charge in [-0.05, 0) is 51.9 Å². The first kappa shape index (κ1) is 14.8. The summed E-state index contributed by atoms with van der Waals surface area (Å²) < 4.78 is 1.08. The smallest absolute Gasteiger partial charge is 0.104 e. The molecule has 1 heterocycles. The van der Waals surface area contributed by atoms with Crippen molar-refractivity contribution in [3.05, 3.63) is 28.2 Å². The molecule has 0 spiro atoms. The third-order valence-corrected chi connectivity index (χ3v) is 4.86. The molecule has 0 aliphatic carbocycles. The Labute approximate surface area is 129 Å². The first-order valence-electron chi connectivity index (χ1n) is 6.63. The van der Waals surface area contributed by atoms with E-state index in [9.17, 15) is 0 Å². The van der Waals surface area contributed by atoms with Crippen LogP contribution in [0.3, 0.4) is 0 Å². The summed E-state index contributed by atoms with van der Waals surface area (Å²) in [4.78, 5) is 2.89. The lowest BCUT2D eigenvalue weighted by Gasteiger charge is -2.28. The molecule has 2 N–H and O–H groups in total. The Kier molecular flexibility index (Phi) is 4.21. The summed E-state index contributed by atoms with van der Waals surface area (Å²) in [7, 11) is 0. The summed E-state index contributed by atoms with van der Waals surface area (Å²) >= 11 is 8.65. The van der Waals surface area contributed by atoms with Gasteiger partial charge in [-0.25, -0.2) is 0 Å². The molecule has 0 amide bonds. The van der Waals surface area contributed by atoms with Crippen LogP contribution in [0.25, 0.3) is 0 Å². The number of rotatable bonds is 2. The first-order chi connectivity index (χ1) is 8.79. The second-order valence-electron chi connectivity index (χ2n) is 6.33. The van der Waals surface area contributed by atoms with Crippen LogP contribution in [0.5, 0.6) is 0 Å². The van der Waals surface area contributed by atoms with Gasteiger partial charge in [-0.15, -0.1) is 0 Å². The number of anilines is 1. The van der Waals surface area contributed by atoms with E-state index in [2.05, 4.69) is 47.7 Å². The maximum absolute atomic E-state index is 5.66. The molecule has 0 bridgehead atoms. The largest absolute Gasteiger partial charge is 0.389 e. The second kappa shape index (κ2) is 5.41. The van der Waals surface area contributed by atoms with Gasteiger partial charge in [0.05, 0.1) is 5.69 Å². The fraction of sp³-hybridized carbons (Fsp3) is 0.533. The molecule has 1 aliphatic heterocycles. The normalized spacial score (nSPS) is 19.8. The minimum absolute atomic E-state index is 0.375. The predicted molar refractivity (Wildman–Crippen MR) is 89.8 cm³/mol. The van der Waals surface area contributed by atoms with Crippen molar-refractivity contribution in [2.75, 3.05) is 18.0 Å². The van der Waals surface area contributed by atoms with Crippen molar-refractivity contribution in [1.82, 2.24) is 0 Å². The van der Waals surface area contributed by atoms with Crippen LogP contribution >= 0.6 is 28.1 Å². The van der Waals surface area contributed by atoms with Crippen molar-refractivity contribution < 1.29 is 0 Å². The molecule has 1 aromatic rings. The molecule has 0 radical (unpaired) electrons. The number of hydrogen-bond acceptors (Lipinski definition) is 2. The quantitative estimate of drug-likeness (QED) is 0.826. The highest BCUT2D eigenvalue weighted by Crippen LogP contribution is 2.38. The van der Waals surface area contributed by atoms with Gasteiger partial charge < -0.3 is 10.6 Å². The van der Waals surface area contributed by atoms with Gasteiger partial charge in [0, 0.05) is 23.1 Å². The van der Waals surface area contributed by atoms with Crippen LogP contribution in [0, 0.1) is 11.3 Å². The molecular formula is C15H21BrN2S. The number of nitrogens with two attached hydrogens (primary N) is 1. The summed E-state index contributed by atoms with van der Waals surface area (Å²) in [5, 5.41) is 0. The summed E-state index contributed by atoms with van der Waals surface area (Å²) in [6.07, 6.45) is 1.26. The highest BCUT2D eigenvalue weighted by Gasteiger charge is 2.32. The summed E-state index contributed by atoms with van der Waals surface area (Å²) in [5.74, 6) is 0.745. The van der Waals surface area contributed by atoms with Crippen molar-refractivity contribution in [3.63, 3.8) is 0 Å². The average Bonchev–Trinajstić information content (AvgIpc) is 2.77. The van der Waals surface area contributed by atoms with Crippen molar-refractivity contribution in [2.45, 2.75) is 27.2 Å². The van der Waals surface area contributed by atoms with E-state index in [0.29, 0.717) is 10.4 Å². The van der Waals surface area contributed by atoms with Gasteiger partial charge in [0.15, 0.2) is 0 Å². The SMILES string of the molecule is CC(C)(C)C1CCN(c2ccc(C(N)=S)cc2Br)C1.